The number of amides is 1. The van der Waals surface area contributed by atoms with Gasteiger partial charge in [0.2, 0.25) is 5.91 Å². The lowest BCUT2D eigenvalue weighted by atomic mass is 10.1. The maximum Gasteiger partial charge on any atom is 0.228 e. The highest BCUT2D eigenvalue weighted by molar-refractivity contribution is 8.13. The standard InChI is InChI=1S/C17H19N3O2S/c1-12(21)23-11-13-8-17(22)20(10-13)16-9-15(18-19(16)2)14-6-4-3-5-7-14/h3-7,9,13H,8,10-11H2,1-2H3. The molecule has 3 rings (SSSR count). The number of aromatic nitrogens is 2. The van der Waals surface area contributed by atoms with Crippen LogP contribution < -0.4 is 4.90 Å². The van der Waals surface area contributed by atoms with Crippen molar-refractivity contribution in [1.82, 2.24) is 9.78 Å². The molecule has 0 saturated carbocycles. The minimum absolute atomic E-state index is 0.0989. The number of thioether (sulfide) groups is 1. The zero-order chi connectivity index (χ0) is 16.4. The highest BCUT2D eigenvalue weighted by Crippen LogP contribution is 2.30. The van der Waals surface area contributed by atoms with Crippen molar-refractivity contribution in [3.63, 3.8) is 0 Å². The van der Waals surface area contributed by atoms with E-state index in [0.717, 1.165) is 17.1 Å². The van der Waals surface area contributed by atoms with Gasteiger partial charge in [0.25, 0.3) is 0 Å². The van der Waals surface area contributed by atoms with Crippen LogP contribution >= 0.6 is 11.8 Å². The maximum absolute atomic E-state index is 12.3. The molecule has 0 aliphatic carbocycles. The maximum atomic E-state index is 12.3. The van der Waals surface area contributed by atoms with Gasteiger partial charge >= 0.3 is 0 Å². The Kier molecular flexibility index (Phi) is 4.52. The molecular formula is C17H19N3O2S. The zero-order valence-electron chi connectivity index (χ0n) is 13.2. The van der Waals surface area contributed by atoms with Crippen molar-refractivity contribution in [3.05, 3.63) is 36.4 Å². The highest BCUT2D eigenvalue weighted by Gasteiger charge is 2.32. The topological polar surface area (TPSA) is 55.2 Å². The van der Waals surface area contributed by atoms with Gasteiger partial charge < -0.3 is 0 Å². The largest absolute Gasteiger partial charge is 0.297 e. The molecule has 0 N–H and O–H groups in total. The fraction of sp³-hybridized carbons (Fsp3) is 0.353. The molecule has 6 heteroatoms. The lowest BCUT2D eigenvalue weighted by Crippen LogP contribution is -2.26. The van der Waals surface area contributed by atoms with Crippen molar-refractivity contribution < 1.29 is 9.59 Å². The van der Waals surface area contributed by atoms with Crippen molar-refractivity contribution in [2.45, 2.75) is 13.3 Å². The van der Waals surface area contributed by atoms with E-state index in [2.05, 4.69) is 5.10 Å². The van der Waals surface area contributed by atoms with Crippen LogP contribution in [0.1, 0.15) is 13.3 Å². The fourth-order valence-corrected chi connectivity index (χ4v) is 3.50. The molecule has 5 nitrogen and oxygen atoms in total. The van der Waals surface area contributed by atoms with Crippen LogP contribution in [0.15, 0.2) is 36.4 Å². The van der Waals surface area contributed by atoms with Crippen molar-refractivity contribution >= 4 is 28.6 Å². The van der Waals surface area contributed by atoms with Crippen molar-refractivity contribution in [2.24, 2.45) is 13.0 Å². The summed E-state index contributed by atoms with van der Waals surface area (Å²) < 4.78 is 1.75. The summed E-state index contributed by atoms with van der Waals surface area (Å²) in [5, 5.41) is 4.62. The molecule has 1 fully saturated rings. The first-order chi connectivity index (χ1) is 11.0. The number of hydrogen-bond acceptors (Lipinski definition) is 4. The first-order valence-corrected chi connectivity index (χ1v) is 8.56. The van der Waals surface area contributed by atoms with Crippen LogP contribution in [-0.2, 0) is 16.6 Å². The molecule has 1 aliphatic rings. The Morgan fingerprint density at radius 3 is 2.78 bits per heavy atom. The van der Waals surface area contributed by atoms with Crippen molar-refractivity contribution in [1.29, 1.82) is 0 Å². The number of nitrogens with zero attached hydrogens (tertiary/aromatic N) is 3. The summed E-state index contributed by atoms with van der Waals surface area (Å²) in [7, 11) is 1.85. The summed E-state index contributed by atoms with van der Waals surface area (Å²) in [6.45, 7) is 2.21. The third-order valence-electron chi connectivity index (χ3n) is 3.93. The summed E-state index contributed by atoms with van der Waals surface area (Å²) in [6.07, 6.45) is 0.492. The Morgan fingerprint density at radius 1 is 1.35 bits per heavy atom. The SMILES string of the molecule is CC(=O)SCC1CC(=O)N(c2cc(-c3ccccc3)nn2C)C1. The first-order valence-electron chi connectivity index (χ1n) is 7.58. The number of aryl methyl sites for hydroxylation is 1. The number of rotatable bonds is 4. The van der Waals surface area contributed by atoms with Gasteiger partial charge in [-0.1, -0.05) is 42.1 Å². The Balaban J connectivity index is 1.78. The summed E-state index contributed by atoms with van der Waals surface area (Å²) >= 11 is 1.29. The predicted molar refractivity (Wildman–Crippen MR) is 92.2 cm³/mol. The lowest BCUT2D eigenvalue weighted by Gasteiger charge is -2.16. The van der Waals surface area contributed by atoms with Crippen LogP contribution in [0.2, 0.25) is 0 Å². The normalized spacial score (nSPS) is 17.7. The second-order valence-electron chi connectivity index (χ2n) is 5.75. The van der Waals surface area contributed by atoms with Gasteiger partial charge in [-0.3, -0.25) is 19.2 Å². The monoisotopic (exact) mass is 329 g/mol. The molecule has 1 atom stereocenters. The van der Waals surface area contributed by atoms with Crippen LogP contribution in [0, 0.1) is 5.92 Å². The molecule has 1 unspecified atom stereocenters. The molecule has 0 spiro atoms. The van der Waals surface area contributed by atoms with Gasteiger partial charge in [0, 0.05) is 44.3 Å². The minimum Gasteiger partial charge on any atom is -0.297 e. The molecule has 0 radical (unpaired) electrons. The van der Waals surface area contributed by atoms with E-state index >= 15 is 0 Å². The molecule has 1 saturated heterocycles. The summed E-state index contributed by atoms with van der Waals surface area (Å²) in [5.74, 6) is 1.82. The number of carbonyl (C=O) groups is 2. The Labute approximate surface area is 139 Å². The summed E-state index contributed by atoms with van der Waals surface area (Å²) in [5.41, 5.74) is 1.89. The first kappa shape index (κ1) is 15.8. The van der Waals surface area contributed by atoms with Crippen LogP contribution in [0.3, 0.4) is 0 Å². The zero-order valence-corrected chi connectivity index (χ0v) is 14.0. The van der Waals surface area contributed by atoms with Crippen LogP contribution in [0.25, 0.3) is 11.3 Å². The van der Waals surface area contributed by atoms with E-state index in [0.29, 0.717) is 18.7 Å². The van der Waals surface area contributed by atoms with Gasteiger partial charge in [0.15, 0.2) is 5.12 Å². The third-order valence-corrected chi connectivity index (χ3v) is 4.97. The predicted octanol–water partition coefficient (Wildman–Crippen LogP) is 2.72. The second-order valence-corrected chi connectivity index (χ2v) is 6.95. The molecule has 2 aromatic rings. The van der Waals surface area contributed by atoms with Crippen molar-refractivity contribution in [2.75, 3.05) is 17.2 Å². The quantitative estimate of drug-likeness (QED) is 0.865. The van der Waals surface area contributed by atoms with Crippen molar-refractivity contribution in [3.8, 4) is 11.3 Å². The summed E-state index contributed by atoms with van der Waals surface area (Å²) in [6, 6.07) is 11.9. The van der Waals surface area contributed by atoms with Gasteiger partial charge in [-0.05, 0) is 5.92 Å². The Hall–Kier alpha value is -2.08. The fourth-order valence-electron chi connectivity index (χ4n) is 2.81. The van der Waals surface area contributed by atoms with Crippen LogP contribution in [-0.4, -0.2) is 33.1 Å². The second kappa shape index (κ2) is 6.58. The molecule has 120 valence electrons. The smallest absolute Gasteiger partial charge is 0.228 e. The van der Waals surface area contributed by atoms with E-state index in [9.17, 15) is 9.59 Å². The van der Waals surface area contributed by atoms with Crippen LogP contribution in [0.4, 0.5) is 5.82 Å². The number of hydrogen-bond donors (Lipinski definition) is 0. The van der Waals surface area contributed by atoms with E-state index in [1.54, 1.807) is 16.5 Å². The van der Waals surface area contributed by atoms with E-state index in [1.165, 1.54) is 11.8 Å². The molecule has 2 heterocycles. The van der Waals surface area contributed by atoms with Gasteiger partial charge in [0.1, 0.15) is 5.82 Å². The Bertz CT molecular complexity index is 727. The number of benzene rings is 1. The van der Waals surface area contributed by atoms with Gasteiger partial charge in [0.05, 0.1) is 5.69 Å². The molecule has 1 aliphatic heterocycles. The Morgan fingerprint density at radius 2 is 2.09 bits per heavy atom. The van der Waals surface area contributed by atoms with Gasteiger partial charge in [-0.25, -0.2) is 0 Å². The average Bonchev–Trinajstić information content (AvgIpc) is 3.09. The van der Waals surface area contributed by atoms with Crippen LogP contribution in [0.5, 0.6) is 0 Å². The molecule has 1 amide bonds. The average molecular weight is 329 g/mol. The minimum atomic E-state index is 0.0989. The molecule has 1 aromatic carbocycles. The summed E-state index contributed by atoms with van der Waals surface area (Å²) in [4.78, 5) is 25.2. The molecule has 0 bridgehead atoms. The molecule has 23 heavy (non-hydrogen) atoms. The number of carbonyl (C=O) groups excluding carboxylic acids is 2. The molecular weight excluding hydrogens is 310 g/mol. The van der Waals surface area contributed by atoms with E-state index in [4.69, 9.17) is 0 Å². The van der Waals surface area contributed by atoms with Gasteiger partial charge in [-0.2, -0.15) is 5.10 Å². The number of anilines is 1. The molecule has 1 aromatic heterocycles. The third kappa shape index (κ3) is 3.47. The van der Waals surface area contributed by atoms with E-state index < -0.39 is 0 Å². The van der Waals surface area contributed by atoms with E-state index in [-0.39, 0.29) is 16.9 Å². The lowest BCUT2D eigenvalue weighted by molar-refractivity contribution is -0.117. The van der Waals surface area contributed by atoms with Gasteiger partial charge in [-0.15, -0.1) is 0 Å². The highest BCUT2D eigenvalue weighted by atomic mass is 32.2. The van der Waals surface area contributed by atoms with E-state index in [1.807, 2.05) is 43.4 Å².